The second-order valence-corrected chi connectivity index (χ2v) is 5.04. The van der Waals surface area contributed by atoms with Crippen LogP contribution < -0.4 is 10.6 Å². The van der Waals surface area contributed by atoms with Crippen LogP contribution in [0.25, 0.3) is 5.65 Å². The average molecular weight is 294 g/mol. The number of rotatable bonds is 5. The molecule has 0 aliphatic heterocycles. The lowest BCUT2D eigenvalue weighted by Gasteiger charge is -2.06. The van der Waals surface area contributed by atoms with Crippen molar-refractivity contribution in [2.45, 2.75) is 13.0 Å². The molecule has 5 nitrogen and oxygen atoms in total. The maximum Gasteiger partial charge on any atom is 0.315 e. The van der Waals surface area contributed by atoms with Gasteiger partial charge in [-0.1, -0.05) is 36.4 Å². The van der Waals surface area contributed by atoms with Crippen LogP contribution in [0, 0.1) is 0 Å². The highest BCUT2D eigenvalue weighted by atomic mass is 16.2. The molecule has 5 heteroatoms. The fraction of sp³-hybridized carbons (Fsp3) is 0.176. The van der Waals surface area contributed by atoms with Gasteiger partial charge in [0.1, 0.15) is 5.65 Å². The van der Waals surface area contributed by atoms with E-state index in [1.807, 2.05) is 65.3 Å². The molecular weight excluding hydrogens is 276 g/mol. The van der Waals surface area contributed by atoms with Gasteiger partial charge in [0.2, 0.25) is 0 Å². The van der Waals surface area contributed by atoms with E-state index in [1.54, 1.807) is 0 Å². The van der Waals surface area contributed by atoms with Crippen LogP contribution in [-0.4, -0.2) is 22.0 Å². The third-order valence-electron chi connectivity index (χ3n) is 3.38. The van der Waals surface area contributed by atoms with E-state index in [0.717, 1.165) is 16.9 Å². The number of nitrogens with one attached hydrogen (secondary N) is 2. The van der Waals surface area contributed by atoms with Gasteiger partial charge >= 0.3 is 6.03 Å². The van der Waals surface area contributed by atoms with E-state index in [2.05, 4.69) is 15.6 Å². The smallest absolute Gasteiger partial charge is 0.315 e. The van der Waals surface area contributed by atoms with E-state index < -0.39 is 0 Å². The van der Waals surface area contributed by atoms with Crippen molar-refractivity contribution in [2.75, 3.05) is 6.54 Å². The van der Waals surface area contributed by atoms with Crippen LogP contribution in [0.1, 0.15) is 11.3 Å². The van der Waals surface area contributed by atoms with Gasteiger partial charge in [0, 0.05) is 31.9 Å². The number of imidazole rings is 1. The van der Waals surface area contributed by atoms with Crippen LogP contribution in [0.4, 0.5) is 4.79 Å². The molecule has 3 rings (SSSR count). The SMILES string of the molecule is O=C(NCCc1cn2ccccc2n1)NCc1ccccc1. The second-order valence-electron chi connectivity index (χ2n) is 5.04. The summed E-state index contributed by atoms with van der Waals surface area (Å²) < 4.78 is 1.98. The van der Waals surface area contributed by atoms with Gasteiger partial charge in [-0.2, -0.15) is 0 Å². The normalized spacial score (nSPS) is 10.5. The van der Waals surface area contributed by atoms with Gasteiger partial charge in [0.05, 0.1) is 5.69 Å². The standard InChI is InChI=1S/C17H18N4O/c22-17(19-12-14-6-2-1-3-7-14)18-10-9-15-13-21-11-5-4-8-16(21)20-15/h1-8,11,13H,9-10,12H2,(H2,18,19,22). The zero-order valence-electron chi connectivity index (χ0n) is 12.2. The Labute approximate surface area is 129 Å². The van der Waals surface area contributed by atoms with Crippen LogP contribution in [0.3, 0.4) is 0 Å². The molecular formula is C17H18N4O. The fourth-order valence-corrected chi connectivity index (χ4v) is 2.25. The number of carbonyl (C=O) groups is 1. The molecule has 22 heavy (non-hydrogen) atoms. The third kappa shape index (κ3) is 3.63. The first-order valence-electron chi connectivity index (χ1n) is 7.29. The highest BCUT2D eigenvalue weighted by molar-refractivity contribution is 5.73. The van der Waals surface area contributed by atoms with Gasteiger partial charge in [-0.25, -0.2) is 9.78 Å². The van der Waals surface area contributed by atoms with Crippen molar-refractivity contribution in [2.24, 2.45) is 0 Å². The minimum absolute atomic E-state index is 0.160. The number of benzene rings is 1. The van der Waals surface area contributed by atoms with Crippen molar-refractivity contribution < 1.29 is 4.79 Å². The summed E-state index contributed by atoms with van der Waals surface area (Å²) in [6.07, 6.45) is 4.66. The average Bonchev–Trinajstić information content (AvgIpc) is 2.96. The van der Waals surface area contributed by atoms with E-state index in [4.69, 9.17) is 0 Å². The van der Waals surface area contributed by atoms with Crippen LogP contribution >= 0.6 is 0 Å². The van der Waals surface area contributed by atoms with Gasteiger partial charge < -0.3 is 15.0 Å². The van der Waals surface area contributed by atoms with Crippen LogP contribution in [-0.2, 0) is 13.0 Å². The number of urea groups is 1. The summed E-state index contributed by atoms with van der Waals surface area (Å²) in [5.74, 6) is 0. The van der Waals surface area contributed by atoms with E-state index in [9.17, 15) is 4.79 Å². The Balaban J connectivity index is 1.43. The van der Waals surface area contributed by atoms with Gasteiger partial charge in [0.25, 0.3) is 0 Å². The first-order chi connectivity index (χ1) is 10.8. The largest absolute Gasteiger partial charge is 0.338 e. The van der Waals surface area contributed by atoms with Crippen molar-refractivity contribution in [3.8, 4) is 0 Å². The van der Waals surface area contributed by atoms with Gasteiger partial charge in [-0.05, 0) is 17.7 Å². The van der Waals surface area contributed by atoms with E-state index >= 15 is 0 Å². The molecule has 2 aromatic heterocycles. The number of amides is 2. The second kappa shape index (κ2) is 6.76. The Hall–Kier alpha value is -2.82. The topological polar surface area (TPSA) is 58.4 Å². The predicted octanol–water partition coefficient (Wildman–Crippen LogP) is 2.38. The van der Waals surface area contributed by atoms with Crippen molar-refractivity contribution in [3.05, 3.63) is 72.2 Å². The Morgan fingerprint density at radius 1 is 1.05 bits per heavy atom. The maximum atomic E-state index is 11.7. The minimum atomic E-state index is -0.160. The zero-order chi connectivity index (χ0) is 15.2. The van der Waals surface area contributed by atoms with Crippen molar-refractivity contribution in [3.63, 3.8) is 0 Å². The molecule has 0 radical (unpaired) electrons. The Bertz CT molecular complexity index is 718. The molecule has 2 amide bonds. The molecule has 2 heterocycles. The summed E-state index contributed by atoms with van der Waals surface area (Å²) in [6.45, 7) is 1.09. The maximum absolute atomic E-state index is 11.7. The number of pyridine rings is 1. The van der Waals surface area contributed by atoms with E-state index in [1.165, 1.54) is 0 Å². The number of fused-ring (bicyclic) bond motifs is 1. The summed E-state index contributed by atoms with van der Waals surface area (Å²) in [7, 11) is 0. The Morgan fingerprint density at radius 2 is 1.86 bits per heavy atom. The lowest BCUT2D eigenvalue weighted by molar-refractivity contribution is 0.240. The molecule has 0 atom stereocenters. The number of aromatic nitrogens is 2. The lowest BCUT2D eigenvalue weighted by atomic mass is 10.2. The molecule has 0 saturated carbocycles. The lowest BCUT2D eigenvalue weighted by Crippen LogP contribution is -2.36. The molecule has 2 N–H and O–H groups in total. The molecule has 0 unspecified atom stereocenters. The highest BCUT2D eigenvalue weighted by Crippen LogP contribution is 2.04. The summed E-state index contributed by atoms with van der Waals surface area (Å²) in [6, 6.07) is 15.6. The summed E-state index contributed by atoms with van der Waals surface area (Å²) in [5, 5.41) is 5.68. The van der Waals surface area contributed by atoms with Crippen molar-refractivity contribution in [1.82, 2.24) is 20.0 Å². The molecule has 1 aromatic carbocycles. The molecule has 0 aliphatic carbocycles. The summed E-state index contributed by atoms with van der Waals surface area (Å²) in [5.41, 5.74) is 2.97. The van der Waals surface area contributed by atoms with E-state index in [0.29, 0.717) is 19.5 Å². The van der Waals surface area contributed by atoms with Gasteiger partial charge in [0.15, 0.2) is 0 Å². The molecule has 3 aromatic rings. The first kappa shape index (κ1) is 14.1. The van der Waals surface area contributed by atoms with Crippen molar-refractivity contribution in [1.29, 1.82) is 0 Å². The van der Waals surface area contributed by atoms with Gasteiger partial charge in [-0.3, -0.25) is 0 Å². The number of hydrogen-bond donors (Lipinski definition) is 2. The fourth-order valence-electron chi connectivity index (χ4n) is 2.25. The predicted molar refractivity (Wildman–Crippen MR) is 85.6 cm³/mol. The van der Waals surface area contributed by atoms with Crippen molar-refractivity contribution >= 4 is 11.7 Å². The number of carbonyl (C=O) groups excluding carboxylic acids is 1. The highest BCUT2D eigenvalue weighted by Gasteiger charge is 2.03. The monoisotopic (exact) mass is 294 g/mol. The summed E-state index contributed by atoms with van der Waals surface area (Å²) >= 11 is 0. The number of nitrogens with zero attached hydrogens (tertiary/aromatic N) is 2. The molecule has 0 spiro atoms. The van der Waals surface area contributed by atoms with Crippen LogP contribution in [0.15, 0.2) is 60.9 Å². The molecule has 112 valence electrons. The Kier molecular flexibility index (Phi) is 4.34. The van der Waals surface area contributed by atoms with Gasteiger partial charge in [-0.15, -0.1) is 0 Å². The molecule has 0 fully saturated rings. The number of hydrogen-bond acceptors (Lipinski definition) is 2. The first-order valence-corrected chi connectivity index (χ1v) is 7.29. The summed E-state index contributed by atoms with van der Waals surface area (Å²) in [4.78, 5) is 16.2. The van der Waals surface area contributed by atoms with E-state index in [-0.39, 0.29) is 6.03 Å². The van der Waals surface area contributed by atoms with Crippen LogP contribution in [0.5, 0.6) is 0 Å². The minimum Gasteiger partial charge on any atom is -0.338 e. The Morgan fingerprint density at radius 3 is 2.68 bits per heavy atom. The zero-order valence-corrected chi connectivity index (χ0v) is 12.2. The molecule has 0 saturated heterocycles. The molecule has 0 bridgehead atoms. The molecule has 0 aliphatic rings. The quantitative estimate of drug-likeness (QED) is 0.759. The van der Waals surface area contributed by atoms with Crippen LogP contribution in [0.2, 0.25) is 0 Å². The third-order valence-corrected chi connectivity index (χ3v) is 3.38.